The highest BCUT2D eigenvalue weighted by Gasteiger charge is 2.14. The van der Waals surface area contributed by atoms with Crippen LogP contribution in [0.2, 0.25) is 0 Å². The van der Waals surface area contributed by atoms with Crippen molar-refractivity contribution in [2.45, 2.75) is 17.2 Å². The molecule has 8 heteroatoms. The number of amides is 1. The minimum Gasteiger partial charge on any atom is -0.496 e. The Hall–Kier alpha value is -3.65. The van der Waals surface area contributed by atoms with Gasteiger partial charge in [-0.2, -0.15) is 4.68 Å². The number of hydrogen-bond donors (Lipinski definition) is 1. The van der Waals surface area contributed by atoms with Gasteiger partial charge in [0.2, 0.25) is 0 Å². The molecule has 0 saturated carbocycles. The van der Waals surface area contributed by atoms with Crippen LogP contribution in [0.3, 0.4) is 0 Å². The average Bonchev–Trinajstić information content (AvgIpc) is 3.31. The van der Waals surface area contributed by atoms with E-state index in [1.165, 1.54) is 11.8 Å². The predicted octanol–water partition coefficient (Wildman–Crippen LogP) is 3.89. The highest BCUT2D eigenvalue weighted by atomic mass is 32.2. The molecule has 0 unspecified atom stereocenters. The number of tetrazole rings is 1. The SMILES string of the molecule is COc1ccccc1CNC(=O)c1ccccc1SCc1nnnn1-c1ccccc1. The number of thioether (sulfide) groups is 1. The van der Waals surface area contributed by atoms with Crippen LogP contribution in [0.4, 0.5) is 0 Å². The van der Waals surface area contributed by atoms with Gasteiger partial charge in [-0.05, 0) is 40.8 Å². The van der Waals surface area contributed by atoms with Crippen LogP contribution < -0.4 is 10.1 Å². The molecule has 1 heterocycles. The first-order chi connectivity index (χ1) is 15.3. The van der Waals surface area contributed by atoms with Gasteiger partial charge >= 0.3 is 0 Å². The number of carbonyl (C=O) groups excluding carboxylic acids is 1. The van der Waals surface area contributed by atoms with Gasteiger partial charge in [0.05, 0.1) is 24.1 Å². The van der Waals surface area contributed by atoms with Crippen molar-refractivity contribution >= 4 is 17.7 Å². The lowest BCUT2D eigenvalue weighted by molar-refractivity contribution is 0.0947. The van der Waals surface area contributed by atoms with E-state index in [4.69, 9.17) is 4.74 Å². The molecule has 0 aliphatic carbocycles. The summed E-state index contributed by atoms with van der Waals surface area (Å²) in [5, 5.41) is 15.0. The fourth-order valence-corrected chi connectivity index (χ4v) is 4.06. The number of rotatable bonds is 8. The Balaban J connectivity index is 1.46. The second kappa shape index (κ2) is 9.90. The first-order valence-electron chi connectivity index (χ1n) is 9.71. The Morgan fingerprint density at radius 3 is 2.58 bits per heavy atom. The Kier molecular flexibility index (Phi) is 6.59. The van der Waals surface area contributed by atoms with Gasteiger partial charge in [0, 0.05) is 17.0 Å². The van der Waals surface area contributed by atoms with Crippen LogP contribution in [0.1, 0.15) is 21.7 Å². The molecule has 0 radical (unpaired) electrons. The van der Waals surface area contributed by atoms with Crippen LogP contribution in [0.25, 0.3) is 5.69 Å². The third-order valence-electron chi connectivity index (χ3n) is 4.66. The summed E-state index contributed by atoms with van der Waals surface area (Å²) in [5.41, 5.74) is 2.43. The minimum atomic E-state index is -0.142. The Morgan fingerprint density at radius 2 is 1.74 bits per heavy atom. The molecule has 156 valence electrons. The first-order valence-corrected chi connectivity index (χ1v) is 10.7. The Morgan fingerprint density at radius 1 is 1.00 bits per heavy atom. The third-order valence-corrected chi connectivity index (χ3v) is 5.72. The fraction of sp³-hybridized carbons (Fsp3) is 0.130. The molecule has 0 saturated heterocycles. The van der Waals surface area contributed by atoms with Gasteiger partial charge in [0.25, 0.3) is 5.91 Å². The third kappa shape index (κ3) is 4.92. The molecule has 4 aromatic rings. The van der Waals surface area contributed by atoms with Gasteiger partial charge in [0.1, 0.15) is 5.75 Å². The Labute approximate surface area is 184 Å². The van der Waals surface area contributed by atoms with Crippen molar-refractivity contribution in [1.29, 1.82) is 0 Å². The van der Waals surface area contributed by atoms with Gasteiger partial charge in [0.15, 0.2) is 5.82 Å². The minimum absolute atomic E-state index is 0.142. The molecule has 0 atom stereocenters. The van der Waals surface area contributed by atoms with Gasteiger partial charge < -0.3 is 10.1 Å². The molecule has 1 N–H and O–H groups in total. The van der Waals surface area contributed by atoms with Gasteiger partial charge in [-0.1, -0.05) is 48.5 Å². The van der Waals surface area contributed by atoms with Gasteiger partial charge in [-0.3, -0.25) is 4.79 Å². The van der Waals surface area contributed by atoms with E-state index >= 15 is 0 Å². The lowest BCUT2D eigenvalue weighted by Crippen LogP contribution is -2.23. The van der Waals surface area contributed by atoms with E-state index in [9.17, 15) is 4.79 Å². The van der Waals surface area contributed by atoms with Gasteiger partial charge in [-0.15, -0.1) is 16.9 Å². The molecule has 0 bridgehead atoms. The maximum Gasteiger partial charge on any atom is 0.252 e. The molecular formula is C23H21N5O2S. The molecule has 3 aromatic carbocycles. The molecule has 0 aliphatic rings. The molecule has 31 heavy (non-hydrogen) atoms. The zero-order chi connectivity index (χ0) is 21.5. The quantitative estimate of drug-likeness (QED) is 0.426. The summed E-state index contributed by atoms with van der Waals surface area (Å²) in [5.74, 6) is 1.84. The lowest BCUT2D eigenvalue weighted by atomic mass is 10.1. The molecule has 0 spiro atoms. The number of para-hydroxylation sites is 2. The monoisotopic (exact) mass is 431 g/mol. The van der Waals surface area contributed by atoms with E-state index in [1.807, 2.05) is 78.9 Å². The van der Waals surface area contributed by atoms with E-state index in [0.29, 0.717) is 23.7 Å². The van der Waals surface area contributed by atoms with E-state index in [1.54, 1.807) is 11.8 Å². The smallest absolute Gasteiger partial charge is 0.252 e. The molecular weight excluding hydrogens is 410 g/mol. The van der Waals surface area contributed by atoms with Crippen molar-refractivity contribution in [3.63, 3.8) is 0 Å². The van der Waals surface area contributed by atoms with Crippen LogP contribution in [0, 0.1) is 0 Å². The first kappa shape index (κ1) is 20.6. The summed E-state index contributed by atoms with van der Waals surface area (Å²) in [6.45, 7) is 0.383. The maximum atomic E-state index is 12.9. The summed E-state index contributed by atoms with van der Waals surface area (Å²) in [6.07, 6.45) is 0. The summed E-state index contributed by atoms with van der Waals surface area (Å²) < 4.78 is 7.06. The van der Waals surface area contributed by atoms with Crippen molar-refractivity contribution in [2.24, 2.45) is 0 Å². The molecule has 7 nitrogen and oxygen atoms in total. The van der Waals surface area contributed by atoms with Crippen LogP contribution >= 0.6 is 11.8 Å². The normalized spacial score (nSPS) is 10.6. The van der Waals surface area contributed by atoms with Crippen molar-refractivity contribution < 1.29 is 9.53 Å². The predicted molar refractivity (Wildman–Crippen MR) is 119 cm³/mol. The molecule has 1 amide bonds. The lowest BCUT2D eigenvalue weighted by Gasteiger charge is -2.12. The van der Waals surface area contributed by atoms with Gasteiger partial charge in [-0.25, -0.2) is 0 Å². The topological polar surface area (TPSA) is 81.9 Å². The zero-order valence-corrected chi connectivity index (χ0v) is 17.7. The number of benzene rings is 3. The number of methoxy groups -OCH3 is 1. The summed E-state index contributed by atoms with van der Waals surface area (Å²) in [7, 11) is 1.62. The fourth-order valence-electron chi connectivity index (χ4n) is 3.11. The van der Waals surface area contributed by atoms with Crippen molar-refractivity contribution in [2.75, 3.05) is 7.11 Å². The highest BCUT2D eigenvalue weighted by Crippen LogP contribution is 2.26. The van der Waals surface area contributed by atoms with Crippen molar-refractivity contribution in [1.82, 2.24) is 25.5 Å². The van der Waals surface area contributed by atoms with Crippen molar-refractivity contribution in [3.8, 4) is 11.4 Å². The van der Waals surface area contributed by atoms with E-state index in [2.05, 4.69) is 20.8 Å². The second-order valence-corrected chi connectivity index (χ2v) is 7.64. The number of carbonyl (C=O) groups is 1. The van der Waals surface area contributed by atoms with Crippen LogP contribution in [-0.4, -0.2) is 33.2 Å². The molecule has 0 fully saturated rings. The number of nitrogens with one attached hydrogen (secondary N) is 1. The number of aromatic nitrogens is 4. The number of ether oxygens (including phenoxy) is 1. The standard InChI is InChI=1S/C23H21N5O2S/c1-30-20-13-7-5-9-17(20)15-24-23(29)19-12-6-8-14-21(19)31-16-22-25-26-27-28(22)18-10-3-2-4-11-18/h2-14H,15-16H2,1H3,(H,24,29). The summed E-state index contributed by atoms with van der Waals surface area (Å²) in [4.78, 5) is 13.7. The highest BCUT2D eigenvalue weighted by molar-refractivity contribution is 7.98. The number of hydrogen-bond acceptors (Lipinski definition) is 6. The molecule has 4 rings (SSSR count). The van der Waals surface area contributed by atoms with E-state index < -0.39 is 0 Å². The van der Waals surface area contributed by atoms with Crippen molar-refractivity contribution in [3.05, 3.63) is 95.8 Å². The van der Waals surface area contributed by atoms with Crippen LogP contribution in [0.5, 0.6) is 5.75 Å². The largest absolute Gasteiger partial charge is 0.496 e. The van der Waals surface area contributed by atoms with Crippen LogP contribution in [-0.2, 0) is 12.3 Å². The van der Waals surface area contributed by atoms with E-state index in [0.717, 1.165) is 21.9 Å². The Bertz CT molecular complexity index is 1160. The number of nitrogens with zero attached hydrogens (tertiary/aromatic N) is 4. The van der Waals surface area contributed by atoms with Crippen LogP contribution in [0.15, 0.2) is 83.8 Å². The molecule has 1 aromatic heterocycles. The zero-order valence-electron chi connectivity index (χ0n) is 16.9. The summed E-state index contributed by atoms with van der Waals surface area (Å²) >= 11 is 1.52. The molecule has 0 aliphatic heterocycles. The second-order valence-electron chi connectivity index (χ2n) is 6.62. The van der Waals surface area contributed by atoms with E-state index in [-0.39, 0.29) is 5.91 Å². The summed E-state index contributed by atoms with van der Waals surface area (Å²) in [6, 6.07) is 24.9. The maximum absolute atomic E-state index is 12.9. The average molecular weight is 432 g/mol.